The molecule has 0 aliphatic heterocycles. The van der Waals surface area contributed by atoms with Gasteiger partial charge in [-0.15, -0.1) is 0 Å². The third-order valence-corrected chi connectivity index (χ3v) is 3.60. The largest absolute Gasteiger partial charge is 0.484 e. The molecule has 0 fully saturated rings. The number of rotatable bonds is 9. The van der Waals surface area contributed by atoms with Crippen LogP contribution in [0.3, 0.4) is 0 Å². The Labute approximate surface area is 148 Å². The van der Waals surface area contributed by atoms with Crippen molar-refractivity contribution >= 4 is 11.8 Å². The number of ether oxygens (including phenoxy) is 1. The van der Waals surface area contributed by atoms with Gasteiger partial charge in [0.2, 0.25) is 0 Å². The van der Waals surface area contributed by atoms with Crippen molar-refractivity contribution < 1.29 is 14.3 Å². The van der Waals surface area contributed by atoms with Gasteiger partial charge in [0.1, 0.15) is 5.75 Å². The topological polar surface area (TPSA) is 67.4 Å². The molecule has 5 heteroatoms. The predicted molar refractivity (Wildman–Crippen MR) is 97.7 cm³/mol. The van der Waals surface area contributed by atoms with Gasteiger partial charge in [-0.3, -0.25) is 9.59 Å². The Morgan fingerprint density at radius 3 is 2.28 bits per heavy atom. The second-order valence-electron chi connectivity index (χ2n) is 5.65. The van der Waals surface area contributed by atoms with Crippen LogP contribution in [0, 0.1) is 0 Å². The fraction of sp³-hybridized carbons (Fsp3) is 0.300. The Kier molecular flexibility index (Phi) is 7.50. The summed E-state index contributed by atoms with van der Waals surface area (Å²) in [7, 11) is 0. The zero-order chi connectivity index (χ0) is 17.9. The van der Waals surface area contributed by atoms with Gasteiger partial charge in [0.25, 0.3) is 11.8 Å². The quantitative estimate of drug-likeness (QED) is 0.690. The predicted octanol–water partition coefficient (Wildman–Crippen LogP) is 2.56. The van der Waals surface area contributed by atoms with Crippen molar-refractivity contribution in [3.8, 4) is 5.75 Å². The molecule has 0 saturated heterocycles. The fourth-order valence-corrected chi connectivity index (χ4v) is 2.31. The van der Waals surface area contributed by atoms with E-state index in [2.05, 4.69) is 17.6 Å². The molecule has 2 aromatic carbocycles. The highest BCUT2D eigenvalue weighted by Gasteiger charge is 2.05. The number of amides is 2. The highest BCUT2D eigenvalue weighted by molar-refractivity contribution is 5.94. The molecule has 0 saturated carbocycles. The standard InChI is InChI=1S/C20H24N2O3/c1-2-6-16-9-11-18(12-10-16)25-15-19(23)21-13-14-22-20(24)17-7-4-3-5-8-17/h3-5,7-12H,2,6,13-15H2,1H3,(H,21,23)(H,22,24). The zero-order valence-corrected chi connectivity index (χ0v) is 14.5. The minimum atomic E-state index is -0.216. The minimum Gasteiger partial charge on any atom is -0.484 e. The second kappa shape index (κ2) is 10.1. The lowest BCUT2D eigenvalue weighted by Crippen LogP contribution is -2.36. The molecule has 5 nitrogen and oxygen atoms in total. The van der Waals surface area contributed by atoms with Gasteiger partial charge in [-0.2, -0.15) is 0 Å². The normalized spacial score (nSPS) is 10.1. The average Bonchev–Trinajstić information content (AvgIpc) is 2.65. The van der Waals surface area contributed by atoms with Gasteiger partial charge in [0.05, 0.1) is 0 Å². The monoisotopic (exact) mass is 340 g/mol. The molecule has 132 valence electrons. The summed E-state index contributed by atoms with van der Waals surface area (Å²) in [4.78, 5) is 23.6. The number of aryl methyl sites for hydroxylation is 1. The van der Waals surface area contributed by atoms with Gasteiger partial charge in [-0.05, 0) is 36.2 Å². The summed E-state index contributed by atoms with van der Waals surface area (Å²) >= 11 is 0. The minimum absolute atomic E-state index is 0.0419. The summed E-state index contributed by atoms with van der Waals surface area (Å²) in [5.41, 5.74) is 1.86. The van der Waals surface area contributed by atoms with E-state index in [4.69, 9.17) is 4.74 Å². The number of hydrogen-bond donors (Lipinski definition) is 2. The molecule has 0 heterocycles. The molecule has 0 atom stereocenters. The maximum absolute atomic E-state index is 11.8. The molecular weight excluding hydrogens is 316 g/mol. The highest BCUT2D eigenvalue weighted by Crippen LogP contribution is 2.13. The van der Waals surface area contributed by atoms with Crippen LogP contribution >= 0.6 is 0 Å². The van der Waals surface area contributed by atoms with Gasteiger partial charge in [0.15, 0.2) is 6.61 Å². The van der Waals surface area contributed by atoms with Gasteiger partial charge in [0, 0.05) is 18.7 Å². The van der Waals surface area contributed by atoms with Crippen molar-refractivity contribution in [3.63, 3.8) is 0 Å². The smallest absolute Gasteiger partial charge is 0.258 e. The Morgan fingerprint density at radius 1 is 0.920 bits per heavy atom. The number of carbonyl (C=O) groups is 2. The van der Waals surface area contributed by atoms with Crippen molar-refractivity contribution in [1.82, 2.24) is 10.6 Å². The molecule has 0 unspecified atom stereocenters. The summed E-state index contributed by atoms with van der Waals surface area (Å²) in [6.45, 7) is 2.82. The van der Waals surface area contributed by atoms with E-state index in [0.717, 1.165) is 12.8 Å². The van der Waals surface area contributed by atoms with Crippen LogP contribution < -0.4 is 15.4 Å². The van der Waals surface area contributed by atoms with Crippen molar-refractivity contribution in [3.05, 3.63) is 65.7 Å². The summed E-state index contributed by atoms with van der Waals surface area (Å²) in [5, 5.41) is 5.46. The van der Waals surface area contributed by atoms with Crippen LogP contribution in [-0.4, -0.2) is 31.5 Å². The Bertz CT molecular complexity index is 669. The summed E-state index contributed by atoms with van der Waals surface area (Å²) < 4.78 is 5.45. The molecule has 0 spiro atoms. The summed E-state index contributed by atoms with van der Waals surface area (Å²) in [6, 6.07) is 16.7. The van der Waals surface area contributed by atoms with E-state index < -0.39 is 0 Å². The Balaban J connectivity index is 1.61. The van der Waals surface area contributed by atoms with Gasteiger partial charge in [-0.25, -0.2) is 0 Å². The van der Waals surface area contributed by atoms with Gasteiger partial charge >= 0.3 is 0 Å². The molecule has 0 aliphatic carbocycles. The van der Waals surface area contributed by atoms with Crippen LogP contribution in [0.1, 0.15) is 29.3 Å². The number of nitrogens with one attached hydrogen (secondary N) is 2. The van der Waals surface area contributed by atoms with Crippen molar-refractivity contribution in [2.45, 2.75) is 19.8 Å². The molecule has 2 aromatic rings. The molecule has 0 aromatic heterocycles. The molecule has 25 heavy (non-hydrogen) atoms. The van der Waals surface area contributed by atoms with Gasteiger partial charge in [-0.1, -0.05) is 43.7 Å². The zero-order valence-electron chi connectivity index (χ0n) is 14.5. The van der Waals surface area contributed by atoms with E-state index in [-0.39, 0.29) is 18.4 Å². The lowest BCUT2D eigenvalue weighted by atomic mass is 10.1. The van der Waals surface area contributed by atoms with Gasteiger partial charge < -0.3 is 15.4 Å². The third-order valence-electron chi connectivity index (χ3n) is 3.60. The average molecular weight is 340 g/mol. The maximum Gasteiger partial charge on any atom is 0.258 e. The van der Waals surface area contributed by atoms with Crippen molar-refractivity contribution in [1.29, 1.82) is 0 Å². The summed E-state index contributed by atoms with van der Waals surface area (Å²) in [5.74, 6) is 0.303. The van der Waals surface area contributed by atoms with E-state index >= 15 is 0 Å². The van der Waals surface area contributed by atoms with E-state index in [1.54, 1.807) is 12.1 Å². The van der Waals surface area contributed by atoms with E-state index in [0.29, 0.717) is 24.4 Å². The van der Waals surface area contributed by atoms with E-state index in [1.807, 2.05) is 42.5 Å². The number of hydrogen-bond acceptors (Lipinski definition) is 3. The van der Waals surface area contributed by atoms with Crippen LogP contribution in [0.2, 0.25) is 0 Å². The lowest BCUT2D eigenvalue weighted by molar-refractivity contribution is -0.123. The van der Waals surface area contributed by atoms with Crippen LogP contribution in [0.5, 0.6) is 5.75 Å². The van der Waals surface area contributed by atoms with Crippen molar-refractivity contribution in [2.75, 3.05) is 19.7 Å². The van der Waals surface area contributed by atoms with E-state index in [1.165, 1.54) is 5.56 Å². The van der Waals surface area contributed by atoms with Crippen LogP contribution in [-0.2, 0) is 11.2 Å². The summed E-state index contributed by atoms with van der Waals surface area (Å²) in [6.07, 6.45) is 2.14. The first-order chi connectivity index (χ1) is 12.2. The Hall–Kier alpha value is -2.82. The van der Waals surface area contributed by atoms with Crippen molar-refractivity contribution in [2.24, 2.45) is 0 Å². The first kappa shape index (κ1) is 18.5. The van der Waals surface area contributed by atoms with Crippen LogP contribution in [0.4, 0.5) is 0 Å². The third kappa shape index (κ3) is 6.67. The van der Waals surface area contributed by atoms with Crippen LogP contribution in [0.15, 0.2) is 54.6 Å². The van der Waals surface area contributed by atoms with E-state index in [9.17, 15) is 9.59 Å². The molecule has 0 radical (unpaired) electrons. The lowest BCUT2D eigenvalue weighted by Gasteiger charge is -2.09. The number of benzene rings is 2. The molecule has 2 amide bonds. The molecular formula is C20H24N2O3. The Morgan fingerprint density at radius 2 is 1.60 bits per heavy atom. The highest BCUT2D eigenvalue weighted by atomic mass is 16.5. The first-order valence-electron chi connectivity index (χ1n) is 8.50. The molecule has 2 rings (SSSR count). The molecule has 0 bridgehead atoms. The fourth-order valence-electron chi connectivity index (χ4n) is 2.31. The van der Waals surface area contributed by atoms with Crippen LogP contribution in [0.25, 0.3) is 0 Å². The second-order valence-corrected chi connectivity index (χ2v) is 5.65. The first-order valence-corrected chi connectivity index (χ1v) is 8.50. The molecule has 0 aliphatic rings. The SMILES string of the molecule is CCCc1ccc(OCC(=O)NCCNC(=O)c2ccccc2)cc1. The number of carbonyl (C=O) groups excluding carboxylic acids is 2. The molecule has 2 N–H and O–H groups in total. The maximum atomic E-state index is 11.8.